The van der Waals surface area contributed by atoms with Crippen molar-refractivity contribution < 1.29 is 18.8 Å². The normalized spacial score (nSPS) is 14.2. The molecule has 0 saturated heterocycles. The number of ether oxygens (including phenoxy) is 1. The summed E-state index contributed by atoms with van der Waals surface area (Å²) in [7, 11) is -2.07. The summed E-state index contributed by atoms with van der Waals surface area (Å²) in [5, 5.41) is 0.0103. The third-order valence-electron chi connectivity index (χ3n) is 4.40. The Kier molecular flexibility index (Phi) is 9.00. The minimum absolute atomic E-state index is 0.0103. The first kappa shape index (κ1) is 24.6. The lowest BCUT2D eigenvalue weighted by molar-refractivity contribution is -0.120. The van der Waals surface area contributed by atoms with Crippen molar-refractivity contribution >= 4 is 20.2 Å². The molecule has 0 aliphatic heterocycles. The van der Waals surface area contributed by atoms with Crippen LogP contribution in [0.1, 0.15) is 48.5 Å². The van der Waals surface area contributed by atoms with Gasteiger partial charge in [-0.2, -0.15) is 0 Å². The van der Waals surface area contributed by atoms with E-state index in [1.54, 1.807) is 39.8 Å². The van der Waals surface area contributed by atoms with Crippen molar-refractivity contribution in [3.8, 4) is 0 Å². The lowest BCUT2D eigenvalue weighted by Gasteiger charge is -2.39. The number of nitrogens with zero attached hydrogens (tertiary/aromatic N) is 1. The van der Waals surface area contributed by atoms with Gasteiger partial charge in [0, 0.05) is 6.54 Å². The molecule has 1 atom stereocenters. The van der Waals surface area contributed by atoms with Gasteiger partial charge >= 0.3 is 6.09 Å². The van der Waals surface area contributed by atoms with E-state index in [0.717, 1.165) is 0 Å². The van der Waals surface area contributed by atoms with Crippen molar-refractivity contribution in [2.75, 3.05) is 13.2 Å². The highest BCUT2D eigenvalue weighted by atomic mass is 28.4. The molecule has 0 aromatic heterocycles. The van der Waals surface area contributed by atoms with Crippen LogP contribution in [0.25, 0.3) is 0 Å². The molecule has 0 bridgehead atoms. The van der Waals surface area contributed by atoms with Crippen molar-refractivity contribution in [2.24, 2.45) is 0 Å². The number of hydrogen-bond donors (Lipinski definition) is 0. The van der Waals surface area contributed by atoms with Crippen LogP contribution < -0.4 is 0 Å². The molecule has 0 radical (unpaired) electrons. The van der Waals surface area contributed by atoms with E-state index in [-0.39, 0.29) is 24.0 Å². The minimum atomic E-state index is -2.07. The van der Waals surface area contributed by atoms with E-state index in [4.69, 9.17) is 9.16 Å². The number of carbonyl (C=O) groups is 2. The van der Waals surface area contributed by atoms with Crippen LogP contribution in [0.2, 0.25) is 18.1 Å². The fourth-order valence-electron chi connectivity index (χ4n) is 1.89. The maximum atomic E-state index is 12.7. The second kappa shape index (κ2) is 9.51. The predicted molar refractivity (Wildman–Crippen MR) is 110 cm³/mol. The van der Waals surface area contributed by atoms with Crippen molar-refractivity contribution in [3.05, 3.63) is 24.8 Å². The highest BCUT2D eigenvalue weighted by Crippen LogP contribution is 2.36. The second-order valence-electron chi connectivity index (χ2n) is 8.91. The average molecular weight is 384 g/mol. The largest absolute Gasteiger partial charge is 0.444 e. The molecule has 1 amide bonds. The predicted octanol–water partition coefficient (Wildman–Crippen LogP) is 4.95. The number of amides is 1. The molecule has 0 saturated carbocycles. The van der Waals surface area contributed by atoms with E-state index in [1.165, 1.54) is 11.0 Å². The highest BCUT2D eigenvalue weighted by Gasteiger charge is 2.39. The van der Waals surface area contributed by atoms with E-state index in [0.29, 0.717) is 0 Å². The van der Waals surface area contributed by atoms with Gasteiger partial charge in [0.25, 0.3) is 0 Å². The highest BCUT2D eigenvalue weighted by molar-refractivity contribution is 6.74. The molecule has 0 N–H and O–H groups in total. The molecule has 0 aromatic carbocycles. The minimum Gasteiger partial charge on any atom is -0.444 e. The monoisotopic (exact) mass is 383 g/mol. The maximum Gasteiger partial charge on any atom is 0.411 e. The zero-order valence-corrected chi connectivity index (χ0v) is 19.0. The van der Waals surface area contributed by atoms with Gasteiger partial charge in [0.1, 0.15) is 11.6 Å². The molecule has 0 heterocycles. The first-order chi connectivity index (χ1) is 11.7. The van der Waals surface area contributed by atoms with Crippen molar-refractivity contribution in [3.63, 3.8) is 0 Å². The van der Waals surface area contributed by atoms with Gasteiger partial charge in [-0.15, -0.1) is 6.58 Å². The molecule has 0 spiro atoms. The lowest BCUT2D eigenvalue weighted by Crippen LogP contribution is -2.52. The van der Waals surface area contributed by atoms with Crippen LogP contribution in [0.3, 0.4) is 0 Å². The smallest absolute Gasteiger partial charge is 0.411 e. The first-order valence-corrected chi connectivity index (χ1v) is 12.0. The van der Waals surface area contributed by atoms with Crippen molar-refractivity contribution in [1.29, 1.82) is 0 Å². The molecule has 0 aromatic rings. The van der Waals surface area contributed by atoms with Crippen LogP contribution in [0, 0.1) is 0 Å². The van der Waals surface area contributed by atoms with Crippen LogP contribution in [0.15, 0.2) is 24.8 Å². The number of ketones is 1. The Morgan fingerprint density at radius 1 is 1.15 bits per heavy atom. The summed E-state index contributed by atoms with van der Waals surface area (Å²) < 4.78 is 11.7. The van der Waals surface area contributed by atoms with Gasteiger partial charge in [-0.1, -0.05) is 32.9 Å². The molecule has 0 aliphatic rings. The summed E-state index contributed by atoms with van der Waals surface area (Å²) in [5.41, 5.74) is -0.648. The molecule has 0 unspecified atom stereocenters. The maximum absolute atomic E-state index is 12.7. The van der Waals surface area contributed by atoms with E-state index in [2.05, 4.69) is 40.4 Å². The van der Waals surface area contributed by atoms with E-state index in [1.807, 2.05) is 0 Å². The van der Waals surface area contributed by atoms with E-state index >= 15 is 0 Å². The van der Waals surface area contributed by atoms with Crippen LogP contribution in [0.4, 0.5) is 4.79 Å². The van der Waals surface area contributed by atoms with Gasteiger partial charge in [-0.3, -0.25) is 9.69 Å². The fourth-order valence-corrected chi connectivity index (χ4v) is 2.90. The Morgan fingerprint density at radius 2 is 1.69 bits per heavy atom. The average Bonchev–Trinajstić information content (AvgIpc) is 2.43. The molecule has 5 nitrogen and oxygen atoms in total. The Hall–Kier alpha value is -1.40. The van der Waals surface area contributed by atoms with Crippen LogP contribution in [-0.2, 0) is 14.0 Å². The van der Waals surface area contributed by atoms with Crippen LogP contribution in [0.5, 0.6) is 0 Å². The summed E-state index contributed by atoms with van der Waals surface area (Å²) >= 11 is 0. The number of rotatable bonds is 8. The first-order valence-electron chi connectivity index (χ1n) is 9.07. The van der Waals surface area contributed by atoms with Gasteiger partial charge in [-0.25, -0.2) is 4.79 Å². The van der Waals surface area contributed by atoms with Crippen LogP contribution in [-0.4, -0.2) is 49.9 Å². The van der Waals surface area contributed by atoms with Gasteiger partial charge in [0.2, 0.25) is 0 Å². The summed E-state index contributed by atoms with van der Waals surface area (Å²) in [4.78, 5) is 26.7. The third-order valence-corrected chi connectivity index (χ3v) is 8.90. The Labute approximate surface area is 160 Å². The van der Waals surface area contributed by atoms with Crippen molar-refractivity contribution in [1.82, 2.24) is 4.90 Å². The Balaban J connectivity index is 5.63. The van der Waals surface area contributed by atoms with E-state index in [9.17, 15) is 9.59 Å². The molecule has 150 valence electrons. The summed E-state index contributed by atoms with van der Waals surface area (Å²) in [6.45, 7) is 21.9. The third kappa shape index (κ3) is 7.87. The zero-order valence-electron chi connectivity index (χ0n) is 18.0. The second-order valence-corrected chi connectivity index (χ2v) is 13.7. The number of allylic oxidation sites excluding steroid dienone is 1. The number of carbonyl (C=O) groups excluding carboxylic acids is 2. The number of hydrogen-bond acceptors (Lipinski definition) is 4. The quantitative estimate of drug-likeness (QED) is 0.338. The molecule has 26 heavy (non-hydrogen) atoms. The van der Waals surface area contributed by atoms with E-state index < -0.39 is 26.1 Å². The van der Waals surface area contributed by atoms with Crippen LogP contribution >= 0.6 is 0 Å². The summed E-state index contributed by atoms with van der Waals surface area (Å²) in [6, 6.07) is -0.742. The molecule has 0 aliphatic carbocycles. The van der Waals surface area contributed by atoms with Gasteiger partial charge in [0.15, 0.2) is 14.1 Å². The topological polar surface area (TPSA) is 55.8 Å². The standard InChI is InChI=1S/C20H37NO4Si/c1-11-13-17(22)16(15-24-26(9,10)20(6,7)8)21(14-12-2)18(23)25-19(3,4)5/h11-13,16H,2,14-15H2,1,3-10H3/b13-11-/t16-/m1/s1. The van der Waals surface area contributed by atoms with Gasteiger partial charge < -0.3 is 9.16 Å². The molecule has 0 fully saturated rings. The SMILES string of the molecule is C=CCN(C(=O)OC(C)(C)C)[C@H](CO[Si](C)(C)C(C)(C)C)C(=O)/C=C\C. The Bertz CT molecular complexity index is 527. The van der Waals surface area contributed by atoms with Gasteiger partial charge in [-0.05, 0) is 51.9 Å². The fraction of sp³-hybridized carbons (Fsp3) is 0.700. The lowest BCUT2D eigenvalue weighted by atomic mass is 10.1. The summed E-state index contributed by atoms with van der Waals surface area (Å²) in [6.07, 6.45) is 4.19. The van der Waals surface area contributed by atoms with Crippen molar-refractivity contribution in [2.45, 2.75) is 78.2 Å². The molecular weight excluding hydrogens is 346 g/mol. The zero-order chi connectivity index (χ0) is 20.8. The van der Waals surface area contributed by atoms with Gasteiger partial charge in [0.05, 0.1) is 6.61 Å². The molecule has 6 heteroatoms. The summed E-state index contributed by atoms with van der Waals surface area (Å²) in [5.74, 6) is -0.182. The molecular formula is C20H37NO4Si. The Morgan fingerprint density at radius 3 is 2.08 bits per heavy atom. The molecule has 0 rings (SSSR count).